The highest BCUT2D eigenvalue weighted by molar-refractivity contribution is 7.92. The number of carbonyl (C=O) groups excluding carboxylic acids is 1. The van der Waals surface area contributed by atoms with E-state index in [0.29, 0.717) is 5.56 Å². The number of anilines is 1. The minimum atomic E-state index is -3.85. The maximum atomic E-state index is 13.1. The SMILES string of the molecule is CC1(C)CCc2cc(S(=O)(=O)Nc3ccccc3C(=O)NC3CCCCC3)ccc2O1. The molecule has 1 heterocycles. The van der Waals surface area contributed by atoms with Gasteiger partial charge in [-0.05, 0) is 75.4 Å². The highest BCUT2D eigenvalue weighted by Gasteiger charge is 2.28. The lowest BCUT2D eigenvalue weighted by atomic mass is 9.94. The number of hydrogen-bond acceptors (Lipinski definition) is 4. The highest BCUT2D eigenvalue weighted by atomic mass is 32.2. The van der Waals surface area contributed by atoms with Crippen molar-refractivity contribution in [3.63, 3.8) is 0 Å². The van der Waals surface area contributed by atoms with E-state index in [-0.39, 0.29) is 28.1 Å². The molecule has 0 radical (unpaired) electrons. The zero-order valence-corrected chi connectivity index (χ0v) is 18.9. The van der Waals surface area contributed by atoms with Gasteiger partial charge in [-0.3, -0.25) is 9.52 Å². The van der Waals surface area contributed by atoms with Crippen LogP contribution in [0.15, 0.2) is 47.4 Å². The van der Waals surface area contributed by atoms with Crippen LogP contribution in [-0.2, 0) is 16.4 Å². The molecule has 2 aromatic rings. The van der Waals surface area contributed by atoms with Crippen LogP contribution in [0.2, 0.25) is 0 Å². The van der Waals surface area contributed by atoms with Gasteiger partial charge >= 0.3 is 0 Å². The van der Waals surface area contributed by atoms with E-state index < -0.39 is 10.0 Å². The van der Waals surface area contributed by atoms with Gasteiger partial charge in [0, 0.05) is 6.04 Å². The van der Waals surface area contributed by atoms with Crippen molar-refractivity contribution < 1.29 is 17.9 Å². The Morgan fingerprint density at radius 2 is 1.81 bits per heavy atom. The van der Waals surface area contributed by atoms with E-state index in [1.807, 2.05) is 13.8 Å². The molecule has 1 aliphatic heterocycles. The van der Waals surface area contributed by atoms with E-state index in [1.165, 1.54) is 6.42 Å². The maximum absolute atomic E-state index is 13.1. The van der Waals surface area contributed by atoms with E-state index >= 15 is 0 Å². The molecule has 0 spiro atoms. The lowest BCUT2D eigenvalue weighted by molar-refractivity contribution is 0.0845. The van der Waals surface area contributed by atoms with Crippen LogP contribution in [0.5, 0.6) is 5.75 Å². The molecule has 0 saturated heterocycles. The van der Waals surface area contributed by atoms with E-state index in [4.69, 9.17) is 4.74 Å². The van der Waals surface area contributed by atoms with Gasteiger partial charge in [-0.2, -0.15) is 0 Å². The Morgan fingerprint density at radius 1 is 1.06 bits per heavy atom. The van der Waals surface area contributed by atoms with Gasteiger partial charge in [-0.25, -0.2) is 8.42 Å². The third-order valence-electron chi connectivity index (χ3n) is 6.08. The van der Waals surface area contributed by atoms with Gasteiger partial charge in [-0.15, -0.1) is 0 Å². The molecule has 7 heteroatoms. The zero-order chi connectivity index (χ0) is 22.1. The van der Waals surface area contributed by atoms with Crippen LogP contribution in [0.3, 0.4) is 0 Å². The van der Waals surface area contributed by atoms with Crippen molar-refractivity contribution in [2.75, 3.05) is 4.72 Å². The number of sulfonamides is 1. The molecule has 2 N–H and O–H groups in total. The summed E-state index contributed by atoms with van der Waals surface area (Å²) in [5, 5.41) is 3.06. The molecule has 6 nitrogen and oxygen atoms in total. The number of para-hydroxylation sites is 1. The van der Waals surface area contributed by atoms with Crippen LogP contribution in [0, 0.1) is 0 Å². The first-order valence-electron chi connectivity index (χ1n) is 11.0. The Hall–Kier alpha value is -2.54. The summed E-state index contributed by atoms with van der Waals surface area (Å²) in [5.41, 5.74) is 1.24. The fourth-order valence-corrected chi connectivity index (χ4v) is 5.42. The molecule has 31 heavy (non-hydrogen) atoms. The smallest absolute Gasteiger partial charge is 0.261 e. The van der Waals surface area contributed by atoms with Crippen molar-refractivity contribution in [3.8, 4) is 5.75 Å². The highest BCUT2D eigenvalue weighted by Crippen LogP contribution is 2.34. The van der Waals surface area contributed by atoms with Gasteiger partial charge in [0.1, 0.15) is 11.4 Å². The van der Waals surface area contributed by atoms with Gasteiger partial charge in [0.25, 0.3) is 15.9 Å². The quantitative estimate of drug-likeness (QED) is 0.706. The van der Waals surface area contributed by atoms with Crippen molar-refractivity contribution in [2.45, 2.75) is 75.3 Å². The second kappa shape index (κ2) is 8.54. The molecule has 2 aromatic carbocycles. The summed E-state index contributed by atoms with van der Waals surface area (Å²) in [6, 6.07) is 11.8. The summed E-state index contributed by atoms with van der Waals surface area (Å²) in [6.45, 7) is 4.05. The van der Waals surface area contributed by atoms with Crippen LogP contribution in [0.4, 0.5) is 5.69 Å². The van der Waals surface area contributed by atoms with Crippen molar-refractivity contribution in [1.82, 2.24) is 5.32 Å². The van der Waals surface area contributed by atoms with Gasteiger partial charge in [-0.1, -0.05) is 31.4 Å². The second-order valence-electron chi connectivity index (χ2n) is 9.09. The summed E-state index contributed by atoms with van der Waals surface area (Å²) < 4.78 is 34.8. The van der Waals surface area contributed by atoms with Crippen molar-refractivity contribution in [3.05, 3.63) is 53.6 Å². The number of rotatable bonds is 5. The lowest BCUT2D eigenvalue weighted by Crippen LogP contribution is -2.36. The van der Waals surface area contributed by atoms with E-state index in [0.717, 1.165) is 49.8 Å². The Bertz CT molecular complexity index is 1070. The minimum absolute atomic E-state index is 0.149. The summed E-state index contributed by atoms with van der Waals surface area (Å²) >= 11 is 0. The summed E-state index contributed by atoms with van der Waals surface area (Å²) in [6.07, 6.45) is 6.93. The van der Waals surface area contributed by atoms with Crippen LogP contribution in [-0.4, -0.2) is 26.0 Å². The van der Waals surface area contributed by atoms with Gasteiger partial charge in [0.15, 0.2) is 0 Å². The Labute approximate surface area is 184 Å². The van der Waals surface area contributed by atoms with Gasteiger partial charge < -0.3 is 10.1 Å². The molecule has 0 aromatic heterocycles. The number of nitrogens with one attached hydrogen (secondary N) is 2. The largest absolute Gasteiger partial charge is 0.488 e. The third kappa shape index (κ3) is 5.03. The van der Waals surface area contributed by atoms with Crippen molar-refractivity contribution >= 4 is 21.6 Å². The standard InChI is InChI=1S/C24H30N2O4S/c1-24(2)15-14-17-16-19(12-13-22(17)30-24)31(28,29)26-21-11-7-6-10-20(21)23(27)25-18-8-4-3-5-9-18/h6-7,10-13,16,18,26H,3-5,8-9,14-15H2,1-2H3,(H,25,27). The molecule has 1 amide bonds. The fraction of sp³-hybridized carbons (Fsp3) is 0.458. The molecule has 1 aliphatic carbocycles. The average Bonchev–Trinajstić information content (AvgIpc) is 2.73. The minimum Gasteiger partial charge on any atom is -0.488 e. The monoisotopic (exact) mass is 442 g/mol. The van der Waals surface area contributed by atoms with Gasteiger partial charge in [0.05, 0.1) is 16.1 Å². The number of amides is 1. The molecular weight excluding hydrogens is 412 g/mol. The predicted molar refractivity (Wildman–Crippen MR) is 121 cm³/mol. The van der Waals surface area contributed by atoms with E-state index in [2.05, 4.69) is 10.0 Å². The molecule has 2 aliphatic rings. The summed E-state index contributed by atoms with van der Waals surface area (Å²) in [7, 11) is -3.85. The average molecular weight is 443 g/mol. The summed E-state index contributed by atoms with van der Waals surface area (Å²) in [4.78, 5) is 13.0. The number of carbonyl (C=O) groups is 1. The van der Waals surface area contributed by atoms with Crippen LogP contribution in [0.25, 0.3) is 0 Å². The van der Waals surface area contributed by atoms with Crippen molar-refractivity contribution in [1.29, 1.82) is 0 Å². The van der Waals surface area contributed by atoms with E-state index in [9.17, 15) is 13.2 Å². The predicted octanol–water partition coefficient (Wildman–Crippen LogP) is 4.65. The molecule has 166 valence electrons. The topological polar surface area (TPSA) is 84.5 Å². The van der Waals surface area contributed by atoms with Crippen molar-refractivity contribution in [2.24, 2.45) is 0 Å². The summed E-state index contributed by atoms with van der Waals surface area (Å²) in [5.74, 6) is 0.480. The Balaban J connectivity index is 1.54. The molecule has 0 bridgehead atoms. The number of fused-ring (bicyclic) bond motifs is 1. The molecular formula is C24H30N2O4S. The number of ether oxygens (including phenoxy) is 1. The van der Waals surface area contributed by atoms with E-state index in [1.54, 1.807) is 42.5 Å². The first-order chi connectivity index (χ1) is 14.7. The molecule has 1 fully saturated rings. The third-order valence-corrected chi connectivity index (χ3v) is 7.44. The van der Waals surface area contributed by atoms with Crippen LogP contribution in [0.1, 0.15) is 68.3 Å². The lowest BCUT2D eigenvalue weighted by Gasteiger charge is -2.32. The molecule has 0 unspecified atom stereocenters. The number of benzene rings is 2. The van der Waals surface area contributed by atoms with Gasteiger partial charge in [0.2, 0.25) is 0 Å². The first-order valence-corrected chi connectivity index (χ1v) is 12.5. The van der Waals surface area contributed by atoms with Crippen LogP contribution < -0.4 is 14.8 Å². The second-order valence-corrected chi connectivity index (χ2v) is 10.8. The normalized spacial score (nSPS) is 18.5. The van der Waals surface area contributed by atoms with Crippen LogP contribution >= 0.6 is 0 Å². The first kappa shape index (κ1) is 21.7. The molecule has 1 saturated carbocycles. The number of aryl methyl sites for hydroxylation is 1. The fourth-order valence-electron chi connectivity index (χ4n) is 4.29. The molecule has 4 rings (SSSR count). The Kier molecular flexibility index (Phi) is 5.97. The number of hydrogen-bond donors (Lipinski definition) is 2. The Morgan fingerprint density at radius 3 is 2.58 bits per heavy atom. The molecule has 0 atom stereocenters. The maximum Gasteiger partial charge on any atom is 0.261 e. The zero-order valence-electron chi connectivity index (χ0n) is 18.1.